The minimum Gasteiger partial charge on any atom is -0.370 e. The van der Waals surface area contributed by atoms with Gasteiger partial charge < -0.3 is 11.1 Å². The van der Waals surface area contributed by atoms with E-state index in [1.54, 1.807) is 0 Å². The summed E-state index contributed by atoms with van der Waals surface area (Å²) in [5, 5.41) is 4.13. The van der Waals surface area contributed by atoms with Crippen molar-refractivity contribution >= 4 is 17.7 Å². The van der Waals surface area contributed by atoms with Crippen molar-refractivity contribution in [3.8, 4) is 0 Å². The summed E-state index contributed by atoms with van der Waals surface area (Å²) in [6, 6.07) is 0.539. The van der Waals surface area contributed by atoms with Crippen molar-refractivity contribution in [2.24, 2.45) is 10.7 Å². The van der Waals surface area contributed by atoms with Gasteiger partial charge in [0, 0.05) is 17.8 Å². The number of hydrogen-bond acceptors (Lipinski definition) is 2. The van der Waals surface area contributed by atoms with Crippen molar-refractivity contribution in [1.29, 1.82) is 0 Å². The number of nitrogens with one attached hydrogen (secondary N) is 1. The van der Waals surface area contributed by atoms with Crippen LogP contribution in [0.15, 0.2) is 4.99 Å². The lowest BCUT2D eigenvalue weighted by Crippen LogP contribution is -2.43. The maximum Gasteiger partial charge on any atom is 0.188 e. The third-order valence-corrected chi connectivity index (χ3v) is 3.91. The molecule has 1 aliphatic rings. The van der Waals surface area contributed by atoms with Crippen LogP contribution in [0, 0.1) is 0 Å². The van der Waals surface area contributed by atoms with Crippen LogP contribution in [0.2, 0.25) is 0 Å². The van der Waals surface area contributed by atoms with Gasteiger partial charge in [-0.15, -0.1) is 0 Å². The summed E-state index contributed by atoms with van der Waals surface area (Å²) in [5.74, 6) is 0.628. The molecule has 0 radical (unpaired) electrons. The van der Waals surface area contributed by atoms with Gasteiger partial charge in [-0.25, -0.2) is 0 Å². The quantitative estimate of drug-likeness (QED) is 0.572. The molecule has 0 heterocycles. The molecule has 0 spiro atoms. The molecule has 1 saturated carbocycles. The molecule has 88 valence electrons. The van der Waals surface area contributed by atoms with Gasteiger partial charge in [-0.2, -0.15) is 11.8 Å². The summed E-state index contributed by atoms with van der Waals surface area (Å²) in [7, 11) is 0. The Morgan fingerprint density at radius 1 is 1.53 bits per heavy atom. The molecule has 2 atom stereocenters. The predicted octanol–water partition coefficient (Wildman–Crippen LogP) is 1.97. The zero-order valence-electron chi connectivity index (χ0n) is 9.83. The molecular weight excluding hydrogens is 206 g/mol. The second kappa shape index (κ2) is 6.99. The molecule has 2 unspecified atom stereocenters. The highest BCUT2D eigenvalue weighted by Gasteiger charge is 2.21. The third-order valence-electron chi connectivity index (χ3n) is 2.82. The lowest BCUT2D eigenvalue weighted by molar-refractivity contribution is 0.421. The number of rotatable bonds is 4. The molecule has 0 aromatic rings. The molecule has 15 heavy (non-hydrogen) atoms. The average Bonchev–Trinajstić information content (AvgIpc) is 2.26. The number of hydrogen-bond donors (Lipinski definition) is 2. The fourth-order valence-electron chi connectivity index (χ4n) is 1.98. The van der Waals surface area contributed by atoms with E-state index in [9.17, 15) is 0 Å². The first-order valence-corrected chi connectivity index (χ1v) is 7.14. The molecule has 4 heteroatoms. The minimum absolute atomic E-state index is 0.539. The fourth-order valence-corrected chi connectivity index (χ4v) is 2.80. The van der Waals surface area contributed by atoms with Crippen molar-refractivity contribution in [2.45, 2.75) is 50.3 Å². The molecular formula is C11H23N3S. The van der Waals surface area contributed by atoms with E-state index in [2.05, 4.69) is 23.5 Å². The van der Waals surface area contributed by atoms with Crippen LogP contribution < -0.4 is 11.1 Å². The van der Waals surface area contributed by atoms with E-state index in [-0.39, 0.29) is 0 Å². The van der Waals surface area contributed by atoms with E-state index in [0.29, 0.717) is 12.0 Å². The summed E-state index contributed by atoms with van der Waals surface area (Å²) < 4.78 is 0. The van der Waals surface area contributed by atoms with Crippen LogP contribution >= 0.6 is 11.8 Å². The molecule has 3 nitrogen and oxygen atoms in total. The van der Waals surface area contributed by atoms with E-state index in [0.717, 1.165) is 18.2 Å². The summed E-state index contributed by atoms with van der Waals surface area (Å²) in [5.41, 5.74) is 5.81. The first-order valence-electron chi connectivity index (χ1n) is 5.85. The van der Waals surface area contributed by atoms with E-state index in [4.69, 9.17) is 5.73 Å². The Kier molecular flexibility index (Phi) is 5.91. The normalized spacial score (nSPS) is 27.7. The van der Waals surface area contributed by atoms with Crippen molar-refractivity contribution in [3.63, 3.8) is 0 Å². The summed E-state index contributed by atoms with van der Waals surface area (Å²) >= 11 is 1.97. The van der Waals surface area contributed by atoms with Crippen molar-refractivity contribution in [1.82, 2.24) is 5.32 Å². The maximum absolute atomic E-state index is 5.81. The summed E-state index contributed by atoms with van der Waals surface area (Å²) in [4.78, 5) is 4.26. The van der Waals surface area contributed by atoms with Crippen LogP contribution in [0.4, 0.5) is 0 Å². The summed E-state index contributed by atoms with van der Waals surface area (Å²) in [6.45, 7) is 2.94. The van der Waals surface area contributed by atoms with Gasteiger partial charge in [-0.05, 0) is 31.9 Å². The van der Waals surface area contributed by atoms with Gasteiger partial charge in [0.2, 0.25) is 0 Å². The van der Waals surface area contributed by atoms with Gasteiger partial charge in [0.25, 0.3) is 0 Å². The van der Waals surface area contributed by atoms with Crippen LogP contribution in [0.25, 0.3) is 0 Å². The molecule has 0 aromatic heterocycles. The van der Waals surface area contributed by atoms with Gasteiger partial charge in [0.05, 0.1) is 0 Å². The molecule has 1 aliphatic carbocycles. The maximum atomic E-state index is 5.81. The highest BCUT2D eigenvalue weighted by molar-refractivity contribution is 7.99. The fraction of sp³-hybridized carbons (Fsp3) is 0.909. The second-order valence-corrected chi connectivity index (χ2v) is 5.27. The second-order valence-electron chi connectivity index (χ2n) is 4.13. The highest BCUT2D eigenvalue weighted by Crippen LogP contribution is 2.26. The van der Waals surface area contributed by atoms with Gasteiger partial charge in [0.15, 0.2) is 5.96 Å². The monoisotopic (exact) mass is 229 g/mol. The van der Waals surface area contributed by atoms with E-state index in [1.807, 2.05) is 11.8 Å². The Morgan fingerprint density at radius 3 is 3.00 bits per heavy atom. The molecule has 3 N–H and O–H groups in total. The number of aliphatic imine (C=N–C) groups is 1. The number of guanidine groups is 1. The number of nitrogens with two attached hydrogens (primary N) is 1. The van der Waals surface area contributed by atoms with Crippen LogP contribution in [-0.2, 0) is 0 Å². The van der Waals surface area contributed by atoms with Crippen molar-refractivity contribution < 1.29 is 0 Å². The van der Waals surface area contributed by atoms with Crippen molar-refractivity contribution in [2.75, 3.05) is 12.8 Å². The van der Waals surface area contributed by atoms with Crippen LogP contribution in [-0.4, -0.2) is 30.1 Å². The van der Waals surface area contributed by atoms with Crippen LogP contribution in [0.3, 0.4) is 0 Å². The standard InChI is InChI=1S/C11H23N3S/c1-3-7-13-11(12)14-9-5-4-6-10(8-9)15-2/h9-10H,3-8H2,1-2H3,(H3,12,13,14). The molecule has 0 bridgehead atoms. The number of nitrogens with zero attached hydrogens (tertiary/aromatic N) is 1. The van der Waals surface area contributed by atoms with Gasteiger partial charge >= 0.3 is 0 Å². The molecule has 0 amide bonds. The lowest BCUT2D eigenvalue weighted by atomic mass is 9.95. The zero-order valence-corrected chi connectivity index (χ0v) is 10.6. The SMILES string of the molecule is CCCN=C(N)NC1CCCC(SC)C1. The molecule has 0 saturated heterocycles. The molecule has 0 aliphatic heterocycles. The first kappa shape index (κ1) is 12.7. The highest BCUT2D eigenvalue weighted by atomic mass is 32.2. The van der Waals surface area contributed by atoms with E-state index < -0.39 is 0 Å². The molecule has 0 aromatic carbocycles. The Bertz CT molecular complexity index is 206. The Hall–Kier alpha value is -0.380. The topological polar surface area (TPSA) is 50.4 Å². The minimum atomic E-state index is 0.539. The Morgan fingerprint density at radius 2 is 2.33 bits per heavy atom. The van der Waals surface area contributed by atoms with Crippen LogP contribution in [0.5, 0.6) is 0 Å². The molecule has 1 fully saturated rings. The van der Waals surface area contributed by atoms with E-state index in [1.165, 1.54) is 25.7 Å². The zero-order chi connectivity index (χ0) is 11.1. The summed E-state index contributed by atoms with van der Waals surface area (Å²) in [6.07, 6.45) is 8.38. The Labute approximate surface area is 97.3 Å². The average molecular weight is 229 g/mol. The lowest BCUT2D eigenvalue weighted by Gasteiger charge is -2.28. The Balaban J connectivity index is 2.31. The van der Waals surface area contributed by atoms with E-state index >= 15 is 0 Å². The predicted molar refractivity (Wildman–Crippen MR) is 69.5 cm³/mol. The van der Waals surface area contributed by atoms with Gasteiger partial charge in [0.1, 0.15) is 0 Å². The largest absolute Gasteiger partial charge is 0.370 e. The third kappa shape index (κ3) is 4.78. The van der Waals surface area contributed by atoms with Gasteiger partial charge in [-0.1, -0.05) is 13.3 Å². The first-order chi connectivity index (χ1) is 7.26. The van der Waals surface area contributed by atoms with Crippen molar-refractivity contribution in [3.05, 3.63) is 0 Å². The van der Waals surface area contributed by atoms with Gasteiger partial charge in [-0.3, -0.25) is 4.99 Å². The van der Waals surface area contributed by atoms with Crippen LogP contribution in [0.1, 0.15) is 39.0 Å². The molecule has 1 rings (SSSR count). The smallest absolute Gasteiger partial charge is 0.188 e. The number of thioether (sulfide) groups is 1.